The van der Waals surface area contributed by atoms with Crippen molar-refractivity contribution in [3.63, 3.8) is 0 Å². The molecule has 1 fully saturated rings. The summed E-state index contributed by atoms with van der Waals surface area (Å²) >= 11 is 0. The van der Waals surface area contributed by atoms with E-state index in [2.05, 4.69) is 23.3 Å². The first-order chi connectivity index (χ1) is 7.18. The molecule has 0 spiro atoms. The van der Waals surface area contributed by atoms with Crippen LogP contribution < -0.4 is 10.2 Å². The molecule has 2 rings (SSSR count). The van der Waals surface area contributed by atoms with Crippen LogP contribution in [0.15, 0.2) is 12.3 Å². The molecule has 0 saturated carbocycles. The molecule has 0 unspecified atom stereocenters. The molecule has 1 aromatic rings. The van der Waals surface area contributed by atoms with Crippen molar-refractivity contribution >= 4 is 5.82 Å². The molecule has 0 bridgehead atoms. The first kappa shape index (κ1) is 10.4. The Labute approximate surface area is 91.5 Å². The van der Waals surface area contributed by atoms with Crippen LogP contribution in [0.1, 0.15) is 30.0 Å². The minimum Gasteiger partial charge on any atom is -0.363 e. The average molecular weight is 205 g/mol. The minimum absolute atomic E-state index is 0.522. The van der Waals surface area contributed by atoms with Crippen molar-refractivity contribution in [1.82, 2.24) is 10.3 Å². The van der Waals surface area contributed by atoms with Crippen molar-refractivity contribution in [2.24, 2.45) is 0 Å². The summed E-state index contributed by atoms with van der Waals surface area (Å²) in [6.45, 7) is 3.31. The molecule has 1 saturated heterocycles. The van der Waals surface area contributed by atoms with Crippen LogP contribution in [0.5, 0.6) is 0 Å². The quantitative estimate of drug-likeness (QED) is 0.799. The SMILES string of the molecule is Cc1cc(N(C)C)ncc1[C@H]1CCCN1. The summed E-state index contributed by atoms with van der Waals surface area (Å²) in [5.41, 5.74) is 2.70. The van der Waals surface area contributed by atoms with Gasteiger partial charge in [0.25, 0.3) is 0 Å². The molecule has 15 heavy (non-hydrogen) atoms. The maximum Gasteiger partial charge on any atom is 0.128 e. The fourth-order valence-electron chi connectivity index (χ4n) is 2.11. The van der Waals surface area contributed by atoms with Gasteiger partial charge in [-0.25, -0.2) is 4.98 Å². The molecular formula is C12H19N3. The monoisotopic (exact) mass is 205 g/mol. The number of rotatable bonds is 2. The Kier molecular flexibility index (Phi) is 2.91. The van der Waals surface area contributed by atoms with Gasteiger partial charge in [-0.05, 0) is 43.5 Å². The van der Waals surface area contributed by atoms with Gasteiger partial charge in [0.15, 0.2) is 0 Å². The molecule has 1 aliphatic rings. The molecule has 0 amide bonds. The molecule has 0 aliphatic carbocycles. The van der Waals surface area contributed by atoms with Crippen molar-refractivity contribution in [2.45, 2.75) is 25.8 Å². The van der Waals surface area contributed by atoms with Crippen molar-refractivity contribution < 1.29 is 0 Å². The number of anilines is 1. The molecule has 1 atom stereocenters. The molecule has 0 aromatic carbocycles. The van der Waals surface area contributed by atoms with Crippen LogP contribution in [0.25, 0.3) is 0 Å². The van der Waals surface area contributed by atoms with Gasteiger partial charge in [-0.2, -0.15) is 0 Å². The highest BCUT2D eigenvalue weighted by Gasteiger charge is 2.18. The Morgan fingerprint density at radius 1 is 1.47 bits per heavy atom. The molecule has 82 valence electrons. The van der Waals surface area contributed by atoms with Crippen molar-refractivity contribution in [3.05, 3.63) is 23.4 Å². The first-order valence-corrected chi connectivity index (χ1v) is 5.56. The van der Waals surface area contributed by atoms with E-state index in [-0.39, 0.29) is 0 Å². The maximum absolute atomic E-state index is 4.47. The lowest BCUT2D eigenvalue weighted by molar-refractivity contribution is 0.641. The van der Waals surface area contributed by atoms with Gasteiger partial charge < -0.3 is 10.2 Å². The Hall–Kier alpha value is -1.09. The second-order valence-corrected chi connectivity index (χ2v) is 4.44. The second kappa shape index (κ2) is 4.19. The number of aromatic nitrogens is 1. The summed E-state index contributed by atoms with van der Waals surface area (Å²) in [6, 6.07) is 2.68. The third-order valence-electron chi connectivity index (χ3n) is 3.03. The van der Waals surface area contributed by atoms with Crippen LogP contribution in [0.3, 0.4) is 0 Å². The zero-order valence-electron chi connectivity index (χ0n) is 9.75. The van der Waals surface area contributed by atoms with Gasteiger partial charge in [0.1, 0.15) is 5.82 Å². The molecule has 1 N–H and O–H groups in total. The predicted octanol–water partition coefficient (Wildman–Crippen LogP) is 1.88. The third kappa shape index (κ3) is 2.12. The van der Waals surface area contributed by atoms with E-state index in [4.69, 9.17) is 0 Å². The highest BCUT2D eigenvalue weighted by atomic mass is 15.1. The van der Waals surface area contributed by atoms with Crippen LogP contribution in [-0.2, 0) is 0 Å². The Morgan fingerprint density at radius 2 is 2.27 bits per heavy atom. The van der Waals surface area contributed by atoms with Crippen molar-refractivity contribution in [3.8, 4) is 0 Å². The molecule has 3 nitrogen and oxygen atoms in total. The van der Waals surface area contributed by atoms with E-state index in [1.807, 2.05) is 25.2 Å². The summed E-state index contributed by atoms with van der Waals surface area (Å²) in [6.07, 6.45) is 4.54. The van der Waals surface area contributed by atoms with E-state index in [0.717, 1.165) is 12.4 Å². The fourth-order valence-corrected chi connectivity index (χ4v) is 2.11. The summed E-state index contributed by atoms with van der Waals surface area (Å²) < 4.78 is 0. The summed E-state index contributed by atoms with van der Waals surface area (Å²) in [5, 5.41) is 3.51. The van der Waals surface area contributed by atoms with Crippen LogP contribution in [0.2, 0.25) is 0 Å². The Morgan fingerprint density at radius 3 is 2.80 bits per heavy atom. The normalized spacial score (nSPS) is 20.6. The minimum atomic E-state index is 0.522. The number of hydrogen-bond acceptors (Lipinski definition) is 3. The van der Waals surface area contributed by atoms with Gasteiger partial charge in [-0.1, -0.05) is 0 Å². The molecule has 2 heterocycles. The predicted molar refractivity (Wildman–Crippen MR) is 63.3 cm³/mol. The van der Waals surface area contributed by atoms with Gasteiger partial charge in [-0.15, -0.1) is 0 Å². The van der Waals surface area contributed by atoms with Crippen LogP contribution in [0.4, 0.5) is 5.82 Å². The van der Waals surface area contributed by atoms with E-state index >= 15 is 0 Å². The fraction of sp³-hybridized carbons (Fsp3) is 0.583. The van der Waals surface area contributed by atoms with E-state index in [1.54, 1.807) is 0 Å². The third-order valence-corrected chi connectivity index (χ3v) is 3.03. The highest BCUT2D eigenvalue weighted by molar-refractivity contribution is 5.42. The standard InChI is InChI=1S/C12H19N3/c1-9-7-12(15(2)3)14-8-10(9)11-5-4-6-13-11/h7-8,11,13H,4-6H2,1-3H3/t11-/m1/s1. The van der Waals surface area contributed by atoms with Crippen molar-refractivity contribution in [2.75, 3.05) is 25.5 Å². The van der Waals surface area contributed by atoms with Gasteiger partial charge in [0.05, 0.1) is 0 Å². The average Bonchev–Trinajstić information content (AvgIpc) is 2.70. The van der Waals surface area contributed by atoms with Gasteiger partial charge in [0.2, 0.25) is 0 Å². The van der Waals surface area contributed by atoms with Crippen LogP contribution in [-0.4, -0.2) is 25.6 Å². The van der Waals surface area contributed by atoms with Gasteiger partial charge in [-0.3, -0.25) is 0 Å². The zero-order valence-corrected chi connectivity index (χ0v) is 9.75. The zero-order chi connectivity index (χ0) is 10.8. The summed E-state index contributed by atoms with van der Waals surface area (Å²) in [4.78, 5) is 6.51. The van der Waals surface area contributed by atoms with Crippen LogP contribution >= 0.6 is 0 Å². The lowest BCUT2D eigenvalue weighted by Gasteiger charge is -2.17. The molecule has 0 radical (unpaired) electrons. The number of aryl methyl sites for hydroxylation is 1. The lowest BCUT2D eigenvalue weighted by Crippen LogP contribution is -2.16. The van der Waals surface area contributed by atoms with Gasteiger partial charge >= 0.3 is 0 Å². The number of hydrogen-bond donors (Lipinski definition) is 1. The maximum atomic E-state index is 4.47. The molecule has 1 aliphatic heterocycles. The first-order valence-electron chi connectivity index (χ1n) is 5.56. The van der Waals surface area contributed by atoms with E-state index in [1.165, 1.54) is 24.0 Å². The smallest absolute Gasteiger partial charge is 0.128 e. The van der Waals surface area contributed by atoms with Gasteiger partial charge in [0, 0.05) is 26.3 Å². The van der Waals surface area contributed by atoms with E-state index in [0.29, 0.717) is 6.04 Å². The molecule has 3 heteroatoms. The Balaban J connectivity index is 2.25. The molecular weight excluding hydrogens is 186 g/mol. The number of nitrogens with one attached hydrogen (secondary N) is 1. The van der Waals surface area contributed by atoms with Crippen LogP contribution in [0, 0.1) is 6.92 Å². The molecule has 1 aromatic heterocycles. The summed E-state index contributed by atoms with van der Waals surface area (Å²) in [7, 11) is 4.05. The second-order valence-electron chi connectivity index (χ2n) is 4.44. The summed E-state index contributed by atoms with van der Waals surface area (Å²) in [5.74, 6) is 1.04. The largest absolute Gasteiger partial charge is 0.363 e. The lowest BCUT2D eigenvalue weighted by atomic mass is 10.0. The number of pyridine rings is 1. The topological polar surface area (TPSA) is 28.2 Å². The van der Waals surface area contributed by atoms with Crippen molar-refractivity contribution in [1.29, 1.82) is 0 Å². The number of nitrogens with zero attached hydrogens (tertiary/aromatic N) is 2. The van der Waals surface area contributed by atoms with E-state index < -0.39 is 0 Å². The Bertz CT molecular complexity index is 341. The highest BCUT2D eigenvalue weighted by Crippen LogP contribution is 2.26. The van der Waals surface area contributed by atoms with E-state index in [9.17, 15) is 0 Å².